The molecule has 0 N–H and O–H groups in total. The van der Waals surface area contributed by atoms with Crippen molar-refractivity contribution in [3.8, 4) is 11.5 Å². The highest BCUT2D eigenvalue weighted by atomic mass is 19.4. The van der Waals surface area contributed by atoms with Gasteiger partial charge in [0.2, 0.25) is 0 Å². The van der Waals surface area contributed by atoms with Gasteiger partial charge in [-0.2, -0.15) is 13.2 Å². The molecule has 2 aromatic rings. The van der Waals surface area contributed by atoms with Crippen LogP contribution in [-0.4, -0.2) is 39.1 Å². The van der Waals surface area contributed by atoms with Crippen molar-refractivity contribution in [3.63, 3.8) is 0 Å². The predicted octanol–water partition coefficient (Wildman–Crippen LogP) is 3.96. The van der Waals surface area contributed by atoms with Gasteiger partial charge in [0, 0.05) is 5.56 Å². The highest BCUT2D eigenvalue weighted by Gasteiger charge is 2.73. The van der Waals surface area contributed by atoms with Crippen LogP contribution in [0.4, 0.5) is 13.2 Å². The monoisotopic (exact) mass is 412 g/mol. The molecule has 0 aromatic heterocycles. The number of halogens is 3. The summed E-state index contributed by atoms with van der Waals surface area (Å²) in [6.45, 7) is 0. The van der Waals surface area contributed by atoms with Crippen LogP contribution >= 0.6 is 0 Å². The van der Waals surface area contributed by atoms with Gasteiger partial charge in [-0.1, -0.05) is 24.3 Å². The highest BCUT2D eigenvalue weighted by Crippen LogP contribution is 2.55. The first kappa shape index (κ1) is 20.9. The first-order chi connectivity index (χ1) is 13.8. The zero-order valence-corrected chi connectivity index (χ0v) is 15.9. The van der Waals surface area contributed by atoms with E-state index in [1.165, 1.54) is 50.6 Å². The fourth-order valence-corrected chi connectivity index (χ4v) is 3.12. The summed E-state index contributed by atoms with van der Waals surface area (Å²) in [5.74, 6) is -0.648. The summed E-state index contributed by atoms with van der Waals surface area (Å²) < 4.78 is 68.0. The molecule has 2 aromatic carbocycles. The Morgan fingerprint density at radius 3 is 1.79 bits per heavy atom. The van der Waals surface area contributed by atoms with Gasteiger partial charge >= 0.3 is 12.1 Å². The van der Waals surface area contributed by atoms with Gasteiger partial charge in [-0.25, -0.2) is 4.79 Å². The molecule has 3 atom stereocenters. The molecule has 0 amide bonds. The molecule has 0 saturated carbocycles. The Morgan fingerprint density at radius 1 is 0.897 bits per heavy atom. The lowest BCUT2D eigenvalue weighted by atomic mass is 9.90. The summed E-state index contributed by atoms with van der Waals surface area (Å²) in [7, 11) is 3.76. The minimum atomic E-state index is -5.11. The minimum Gasteiger partial charge on any atom is -0.497 e. The van der Waals surface area contributed by atoms with Gasteiger partial charge in [0.1, 0.15) is 17.6 Å². The maximum absolute atomic E-state index is 14.2. The van der Waals surface area contributed by atoms with E-state index in [0.29, 0.717) is 17.1 Å². The Bertz CT molecular complexity index is 850. The molecular formula is C20H19F3O6. The SMILES string of the molecule is COC(=O)[C@@]1(C(F)(F)F)O[C@H](c2ccc(OC)cc2)O[C@H]1c1ccc(OC)cc1. The van der Waals surface area contributed by atoms with Crippen LogP contribution in [-0.2, 0) is 19.0 Å². The third kappa shape index (κ3) is 3.63. The van der Waals surface area contributed by atoms with Crippen molar-refractivity contribution >= 4 is 5.97 Å². The van der Waals surface area contributed by atoms with Gasteiger partial charge in [0.25, 0.3) is 5.60 Å². The molecule has 0 unspecified atom stereocenters. The molecule has 1 saturated heterocycles. The number of benzene rings is 2. The number of alkyl halides is 3. The summed E-state index contributed by atoms with van der Waals surface area (Å²) in [5, 5.41) is 0. The van der Waals surface area contributed by atoms with Gasteiger partial charge in [-0.3, -0.25) is 0 Å². The van der Waals surface area contributed by atoms with Crippen LogP contribution in [0.5, 0.6) is 11.5 Å². The highest BCUT2D eigenvalue weighted by molar-refractivity contribution is 5.82. The smallest absolute Gasteiger partial charge is 0.431 e. The second kappa shape index (κ2) is 7.92. The van der Waals surface area contributed by atoms with E-state index >= 15 is 0 Å². The molecule has 0 aliphatic carbocycles. The average Bonchev–Trinajstić information content (AvgIpc) is 3.15. The molecule has 1 fully saturated rings. The van der Waals surface area contributed by atoms with Crippen LogP contribution in [0.2, 0.25) is 0 Å². The number of carbonyl (C=O) groups excluding carboxylic acids is 1. The van der Waals surface area contributed by atoms with Crippen molar-refractivity contribution < 1.29 is 41.7 Å². The van der Waals surface area contributed by atoms with Crippen molar-refractivity contribution in [2.45, 2.75) is 24.2 Å². The lowest BCUT2D eigenvalue weighted by molar-refractivity contribution is -0.275. The van der Waals surface area contributed by atoms with Crippen LogP contribution in [0.3, 0.4) is 0 Å². The lowest BCUT2D eigenvalue weighted by Crippen LogP contribution is -2.56. The number of hydrogen-bond donors (Lipinski definition) is 0. The lowest BCUT2D eigenvalue weighted by Gasteiger charge is -2.31. The van der Waals surface area contributed by atoms with Gasteiger partial charge in [-0.05, 0) is 29.8 Å². The number of methoxy groups -OCH3 is 3. The first-order valence-electron chi connectivity index (χ1n) is 8.53. The summed E-state index contributed by atoms with van der Waals surface area (Å²) in [5.41, 5.74) is -2.95. The molecule has 6 nitrogen and oxygen atoms in total. The average molecular weight is 412 g/mol. The van der Waals surface area contributed by atoms with E-state index in [1.54, 1.807) is 12.1 Å². The van der Waals surface area contributed by atoms with Gasteiger partial charge in [-0.15, -0.1) is 0 Å². The van der Waals surface area contributed by atoms with Crippen molar-refractivity contribution in [1.29, 1.82) is 0 Å². The Morgan fingerprint density at radius 2 is 1.38 bits per heavy atom. The number of rotatable bonds is 5. The molecular weight excluding hydrogens is 393 g/mol. The molecule has 3 rings (SSSR count). The maximum Gasteiger partial charge on any atom is 0.431 e. The molecule has 0 spiro atoms. The van der Waals surface area contributed by atoms with Crippen molar-refractivity contribution in [1.82, 2.24) is 0 Å². The number of carbonyl (C=O) groups is 1. The van der Waals surface area contributed by atoms with E-state index in [4.69, 9.17) is 18.9 Å². The Labute approximate surface area is 165 Å². The molecule has 156 valence electrons. The third-order valence-electron chi connectivity index (χ3n) is 4.64. The molecule has 1 heterocycles. The molecule has 1 aliphatic heterocycles. The van der Waals surface area contributed by atoms with Crippen molar-refractivity contribution in [3.05, 3.63) is 59.7 Å². The van der Waals surface area contributed by atoms with Gasteiger partial charge in [0.05, 0.1) is 21.3 Å². The van der Waals surface area contributed by atoms with Crippen LogP contribution in [0.1, 0.15) is 23.5 Å². The topological polar surface area (TPSA) is 63.2 Å². The van der Waals surface area contributed by atoms with Crippen LogP contribution in [0.15, 0.2) is 48.5 Å². The third-order valence-corrected chi connectivity index (χ3v) is 4.64. The summed E-state index contributed by atoms with van der Waals surface area (Å²) in [6.07, 6.45) is -8.34. The number of ether oxygens (including phenoxy) is 5. The zero-order valence-electron chi connectivity index (χ0n) is 15.9. The fourth-order valence-electron chi connectivity index (χ4n) is 3.12. The summed E-state index contributed by atoms with van der Waals surface area (Å²) in [4.78, 5) is 12.4. The summed E-state index contributed by atoms with van der Waals surface area (Å²) in [6, 6.07) is 11.8. The summed E-state index contributed by atoms with van der Waals surface area (Å²) >= 11 is 0. The quantitative estimate of drug-likeness (QED) is 0.693. The van der Waals surface area contributed by atoms with Gasteiger partial charge < -0.3 is 23.7 Å². The first-order valence-corrected chi connectivity index (χ1v) is 8.53. The standard InChI is InChI=1S/C20H19F3O6/c1-25-14-8-4-12(5-9-14)16-19(18(24)27-3,20(21,22)23)29-17(28-16)13-6-10-15(26-2)11-7-13/h4-11,16-17H,1-3H3/t16-,17+,19-/m0/s1. The molecule has 1 aliphatic rings. The van der Waals surface area contributed by atoms with Crippen LogP contribution in [0.25, 0.3) is 0 Å². The fraction of sp³-hybridized carbons (Fsp3) is 0.350. The maximum atomic E-state index is 14.2. The van der Waals surface area contributed by atoms with E-state index in [-0.39, 0.29) is 5.56 Å². The Kier molecular flexibility index (Phi) is 5.72. The Hall–Kier alpha value is -2.78. The second-order valence-corrected chi connectivity index (χ2v) is 6.24. The number of hydrogen-bond acceptors (Lipinski definition) is 6. The van der Waals surface area contributed by atoms with Gasteiger partial charge in [0.15, 0.2) is 6.29 Å². The van der Waals surface area contributed by atoms with E-state index < -0.39 is 30.1 Å². The minimum absolute atomic E-state index is 0.0875. The Balaban J connectivity index is 2.08. The number of esters is 1. The molecule has 29 heavy (non-hydrogen) atoms. The largest absolute Gasteiger partial charge is 0.497 e. The molecule has 0 radical (unpaired) electrons. The van der Waals surface area contributed by atoms with E-state index in [1.807, 2.05) is 0 Å². The second-order valence-electron chi connectivity index (χ2n) is 6.24. The van der Waals surface area contributed by atoms with E-state index in [0.717, 1.165) is 7.11 Å². The van der Waals surface area contributed by atoms with Crippen molar-refractivity contribution in [2.75, 3.05) is 21.3 Å². The van der Waals surface area contributed by atoms with E-state index in [9.17, 15) is 18.0 Å². The molecule has 0 bridgehead atoms. The zero-order chi connectivity index (χ0) is 21.2. The van der Waals surface area contributed by atoms with E-state index in [2.05, 4.69) is 4.74 Å². The van der Waals surface area contributed by atoms with Crippen LogP contribution < -0.4 is 9.47 Å². The normalized spacial score (nSPS) is 24.2. The van der Waals surface area contributed by atoms with Crippen LogP contribution in [0, 0.1) is 0 Å². The van der Waals surface area contributed by atoms with Crippen molar-refractivity contribution in [2.24, 2.45) is 0 Å². The predicted molar refractivity (Wildman–Crippen MR) is 94.4 cm³/mol. The molecule has 9 heteroatoms.